The Morgan fingerprint density at radius 2 is 1.96 bits per heavy atom. The molecule has 0 aromatic heterocycles. The Morgan fingerprint density at radius 1 is 1.24 bits per heavy atom. The van der Waals surface area contributed by atoms with Crippen molar-refractivity contribution in [3.05, 3.63) is 30.3 Å². The summed E-state index contributed by atoms with van der Waals surface area (Å²) in [6.07, 6.45) is 4.81. The summed E-state index contributed by atoms with van der Waals surface area (Å²) in [5.41, 5.74) is 0. The minimum Gasteiger partial charge on any atom is -0.356 e. The summed E-state index contributed by atoms with van der Waals surface area (Å²) in [6, 6.07) is 11.2. The van der Waals surface area contributed by atoms with E-state index in [0.717, 1.165) is 24.7 Å². The van der Waals surface area contributed by atoms with E-state index in [-0.39, 0.29) is 24.0 Å². The van der Waals surface area contributed by atoms with Crippen molar-refractivity contribution < 1.29 is 0 Å². The van der Waals surface area contributed by atoms with E-state index >= 15 is 0 Å². The Bertz CT molecular complexity index is 476. The van der Waals surface area contributed by atoms with Gasteiger partial charge >= 0.3 is 0 Å². The number of hydrogen-bond acceptors (Lipinski definition) is 3. The SMILES string of the molecule is CCCN1CCC(NC(=NC)NCCCSc2ccccc2)CC1.I. The zero-order valence-corrected chi connectivity index (χ0v) is 18.7. The zero-order valence-electron chi connectivity index (χ0n) is 15.5. The fourth-order valence-corrected chi connectivity index (χ4v) is 3.86. The quantitative estimate of drug-likeness (QED) is 0.197. The lowest BCUT2D eigenvalue weighted by Crippen LogP contribution is -2.48. The van der Waals surface area contributed by atoms with Gasteiger partial charge in [0.1, 0.15) is 0 Å². The van der Waals surface area contributed by atoms with Crippen molar-refractivity contribution in [2.24, 2.45) is 4.99 Å². The van der Waals surface area contributed by atoms with Crippen LogP contribution >= 0.6 is 35.7 Å². The molecule has 1 aromatic rings. The van der Waals surface area contributed by atoms with Gasteiger partial charge in [0.05, 0.1) is 0 Å². The van der Waals surface area contributed by atoms with Gasteiger partial charge in [-0.15, -0.1) is 35.7 Å². The Morgan fingerprint density at radius 3 is 2.60 bits per heavy atom. The molecule has 0 saturated carbocycles. The predicted octanol–water partition coefficient (Wildman–Crippen LogP) is 3.83. The topological polar surface area (TPSA) is 39.7 Å². The van der Waals surface area contributed by atoms with Crippen LogP contribution in [0.4, 0.5) is 0 Å². The maximum atomic E-state index is 4.37. The van der Waals surface area contributed by atoms with Crippen molar-refractivity contribution >= 4 is 41.7 Å². The maximum absolute atomic E-state index is 4.37. The number of hydrogen-bond donors (Lipinski definition) is 2. The molecule has 1 fully saturated rings. The lowest BCUT2D eigenvalue weighted by Gasteiger charge is -2.32. The molecule has 1 aromatic carbocycles. The summed E-state index contributed by atoms with van der Waals surface area (Å²) in [5, 5.41) is 7.03. The van der Waals surface area contributed by atoms with Gasteiger partial charge in [0.15, 0.2) is 5.96 Å². The Balaban J connectivity index is 0.00000312. The van der Waals surface area contributed by atoms with E-state index in [1.165, 1.54) is 43.8 Å². The number of guanidine groups is 1. The number of halogens is 1. The van der Waals surface area contributed by atoms with Crippen LogP contribution in [0.3, 0.4) is 0 Å². The van der Waals surface area contributed by atoms with Gasteiger partial charge in [-0.1, -0.05) is 25.1 Å². The summed E-state index contributed by atoms with van der Waals surface area (Å²) in [5.74, 6) is 2.08. The summed E-state index contributed by atoms with van der Waals surface area (Å²) in [6.45, 7) is 6.87. The van der Waals surface area contributed by atoms with Crippen molar-refractivity contribution in [3.8, 4) is 0 Å². The van der Waals surface area contributed by atoms with Crippen LogP contribution in [0.5, 0.6) is 0 Å². The third-order valence-corrected chi connectivity index (χ3v) is 5.42. The van der Waals surface area contributed by atoms with E-state index in [2.05, 4.69) is 57.8 Å². The van der Waals surface area contributed by atoms with Crippen LogP contribution in [0.15, 0.2) is 40.2 Å². The number of nitrogens with one attached hydrogen (secondary N) is 2. The van der Waals surface area contributed by atoms with Crippen LogP contribution in [-0.2, 0) is 0 Å². The highest BCUT2D eigenvalue weighted by Crippen LogP contribution is 2.17. The highest BCUT2D eigenvalue weighted by Gasteiger charge is 2.19. The van der Waals surface area contributed by atoms with Gasteiger partial charge in [0.25, 0.3) is 0 Å². The van der Waals surface area contributed by atoms with E-state index in [4.69, 9.17) is 0 Å². The molecule has 1 saturated heterocycles. The monoisotopic (exact) mass is 476 g/mol. The van der Waals surface area contributed by atoms with Crippen molar-refractivity contribution in [1.82, 2.24) is 15.5 Å². The first-order chi connectivity index (χ1) is 11.8. The van der Waals surface area contributed by atoms with Gasteiger partial charge in [0.2, 0.25) is 0 Å². The average molecular weight is 476 g/mol. The molecule has 0 aliphatic carbocycles. The molecule has 1 heterocycles. The van der Waals surface area contributed by atoms with Crippen molar-refractivity contribution in [3.63, 3.8) is 0 Å². The van der Waals surface area contributed by atoms with E-state index in [9.17, 15) is 0 Å². The van der Waals surface area contributed by atoms with Crippen LogP contribution in [0, 0.1) is 0 Å². The number of benzene rings is 1. The molecular weight excluding hydrogens is 443 g/mol. The molecule has 142 valence electrons. The van der Waals surface area contributed by atoms with Gasteiger partial charge in [-0.05, 0) is 50.1 Å². The lowest BCUT2D eigenvalue weighted by atomic mass is 10.1. The van der Waals surface area contributed by atoms with E-state index in [1.807, 2.05) is 18.8 Å². The largest absolute Gasteiger partial charge is 0.356 e. The van der Waals surface area contributed by atoms with Gasteiger partial charge in [0, 0.05) is 37.6 Å². The van der Waals surface area contributed by atoms with Crippen molar-refractivity contribution in [2.75, 3.05) is 39.0 Å². The third-order valence-electron chi connectivity index (χ3n) is 4.32. The molecule has 0 spiro atoms. The average Bonchev–Trinajstić information content (AvgIpc) is 2.63. The molecule has 0 atom stereocenters. The Hall–Kier alpha value is -0.470. The van der Waals surface area contributed by atoms with Gasteiger partial charge < -0.3 is 15.5 Å². The smallest absolute Gasteiger partial charge is 0.191 e. The summed E-state index contributed by atoms with van der Waals surface area (Å²) in [7, 11) is 1.86. The molecule has 25 heavy (non-hydrogen) atoms. The van der Waals surface area contributed by atoms with Crippen molar-refractivity contribution in [1.29, 1.82) is 0 Å². The van der Waals surface area contributed by atoms with Crippen LogP contribution < -0.4 is 10.6 Å². The van der Waals surface area contributed by atoms with E-state index in [1.54, 1.807) is 0 Å². The molecule has 2 N–H and O–H groups in total. The minimum atomic E-state index is 0. The number of likely N-dealkylation sites (tertiary alicyclic amines) is 1. The van der Waals surface area contributed by atoms with Crippen LogP contribution in [0.25, 0.3) is 0 Å². The van der Waals surface area contributed by atoms with E-state index in [0.29, 0.717) is 6.04 Å². The number of piperidine rings is 1. The van der Waals surface area contributed by atoms with Crippen molar-refractivity contribution in [2.45, 2.75) is 43.5 Å². The second-order valence-electron chi connectivity index (χ2n) is 6.27. The number of rotatable bonds is 8. The fraction of sp³-hybridized carbons (Fsp3) is 0.632. The summed E-state index contributed by atoms with van der Waals surface area (Å²) < 4.78 is 0. The Labute approximate surface area is 174 Å². The fourth-order valence-electron chi connectivity index (χ4n) is 2.99. The second kappa shape index (κ2) is 13.7. The summed E-state index contributed by atoms with van der Waals surface area (Å²) in [4.78, 5) is 8.28. The number of aliphatic imine (C=N–C) groups is 1. The van der Waals surface area contributed by atoms with Crippen LogP contribution in [0.2, 0.25) is 0 Å². The second-order valence-corrected chi connectivity index (χ2v) is 7.44. The molecule has 1 aliphatic heterocycles. The molecule has 6 heteroatoms. The van der Waals surface area contributed by atoms with E-state index < -0.39 is 0 Å². The first kappa shape index (κ1) is 22.6. The molecule has 1 aliphatic rings. The molecular formula is C19H33IN4S. The number of nitrogens with zero attached hydrogens (tertiary/aromatic N) is 2. The predicted molar refractivity (Wildman–Crippen MR) is 121 cm³/mol. The molecule has 2 rings (SSSR count). The highest BCUT2D eigenvalue weighted by molar-refractivity contribution is 14.0. The molecule has 0 bridgehead atoms. The van der Waals surface area contributed by atoms with Gasteiger partial charge in [-0.25, -0.2) is 0 Å². The van der Waals surface area contributed by atoms with Gasteiger partial charge in [-0.2, -0.15) is 0 Å². The normalized spacial score (nSPS) is 16.3. The zero-order chi connectivity index (χ0) is 17.0. The molecule has 0 amide bonds. The van der Waals surface area contributed by atoms with Gasteiger partial charge in [-0.3, -0.25) is 4.99 Å². The molecule has 4 nitrogen and oxygen atoms in total. The van der Waals surface area contributed by atoms with Crippen LogP contribution in [-0.4, -0.2) is 55.9 Å². The molecule has 0 radical (unpaired) electrons. The number of thioether (sulfide) groups is 1. The molecule has 0 unspecified atom stereocenters. The maximum Gasteiger partial charge on any atom is 0.191 e. The standard InChI is InChI=1S/C19H32N4S.HI/c1-3-13-23-14-10-17(11-15-23)22-19(20-2)21-12-7-16-24-18-8-5-4-6-9-18;/h4-6,8-9,17H,3,7,10-16H2,1-2H3,(H2,20,21,22);1H. The Kier molecular flexibility index (Phi) is 12.4. The highest BCUT2D eigenvalue weighted by atomic mass is 127. The third kappa shape index (κ3) is 9.15. The first-order valence-electron chi connectivity index (χ1n) is 9.19. The van der Waals surface area contributed by atoms with Crippen LogP contribution in [0.1, 0.15) is 32.6 Å². The first-order valence-corrected chi connectivity index (χ1v) is 10.2. The summed E-state index contributed by atoms with van der Waals surface area (Å²) >= 11 is 1.91. The lowest BCUT2D eigenvalue weighted by molar-refractivity contribution is 0.206. The minimum absolute atomic E-state index is 0.